The van der Waals surface area contributed by atoms with Crippen LogP contribution in [0.2, 0.25) is 0 Å². The van der Waals surface area contributed by atoms with Crippen LogP contribution in [0.4, 0.5) is 0 Å². The van der Waals surface area contributed by atoms with Gasteiger partial charge >= 0.3 is 17.9 Å². The van der Waals surface area contributed by atoms with Gasteiger partial charge in [-0.1, -0.05) is 334 Å². The summed E-state index contributed by atoms with van der Waals surface area (Å²) in [5.74, 6) is -2.01. The van der Waals surface area contributed by atoms with Gasteiger partial charge in [-0.25, -0.2) is 4.79 Å². The lowest BCUT2D eigenvalue weighted by Gasteiger charge is -2.25. The summed E-state index contributed by atoms with van der Waals surface area (Å²) in [5.41, 5.74) is 0. The maximum atomic E-state index is 13.0. The van der Waals surface area contributed by atoms with Crippen molar-refractivity contribution >= 4 is 17.9 Å². The third-order valence-electron chi connectivity index (χ3n) is 16.0. The molecule has 0 aliphatic carbocycles. The van der Waals surface area contributed by atoms with E-state index in [4.69, 9.17) is 18.9 Å². The summed E-state index contributed by atoms with van der Waals surface area (Å²) in [6, 6.07) is 0. The van der Waals surface area contributed by atoms with Crippen molar-refractivity contribution in [2.45, 2.75) is 328 Å². The maximum Gasteiger partial charge on any atom is 0.361 e. The number of nitrogens with zero attached hydrogens (tertiary/aromatic N) is 1. The summed E-state index contributed by atoms with van der Waals surface area (Å²) in [5, 5.41) is 9.76. The first-order valence-corrected chi connectivity index (χ1v) is 37.2. The molecule has 0 aromatic rings. The Labute approximate surface area is 555 Å². The van der Waals surface area contributed by atoms with Gasteiger partial charge in [-0.15, -0.1) is 0 Å². The van der Waals surface area contributed by atoms with Crippen LogP contribution < -0.4 is 0 Å². The number of carboxylic acid groups (broad SMARTS) is 1. The van der Waals surface area contributed by atoms with Gasteiger partial charge in [-0.2, -0.15) is 0 Å². The molecule has 516 valence electrons. The Hall–Kier alpha value is -4.31. The molecule has 9 heteroatoms. The van der Waals surface area contributed by atoms with Crippen LogP contribution >= 0.6 is 0 Å². The van der Waals surface area contributed by atoms with Gasteiger partial charge in [0.2, 0.25) is 0 Å². The monoisotopic (exact) mass is 1260 g/mol. The number of quaternary nitrogens is 1. The van der Waals surface area contributed by atoms with Crippen molar-refractivity contribution in [2.24, 2.45) is 0 Å². The van der Waals surface area contributed by atoms with Gasteiger partial charge in [0.1, 0.15) is 13.2 Å². The first kappa shape index (κ1) is 85.7. The highest BCUT2D eigenvalue weighted by molar-refractivity contribution is 5.71. The number of unbranched alkanes of at least 4 members (excludes halogenated alkanes) is 33. The van der Waals surface area contributed by atoms with E-state index < -0.39 is 24.3 Å². The van der Waals surface area contributed by atoms with Crippen LogP contribution in [0, 0.1) is 0 Å². The fourth-order valence-electron chi connectivity index (χ4n) is 10.3. The lowest BCUT2D eigenvalue weighted by Crippen LogP contribution is -2.40. The van der Waals surface area contributed by atoms with Crippen molar-refractivity contribution in [3.63, 3.8) is 0 Å². The Morgan fingerprint density at radius 2 is 0.633 bits per heavy atom. The second-order valence-corrected chi connectivity index (χ2v) is 25.9. The summed E-state index contributed by atoms with van der Waals surface area (Å²) in [6.07, 6.45) is 97.5. The lowest BCUT2D eigenvalue weighted by molar-refractivity contribution is -0.870. The number of esters is 2. The average Bonchev–Trinajstić information content (AvgIpc) is 3.65. The molecule has 0 saturated heterocycles. The summed E-state index contributed by atoms with van der Waals surface area (Å²) >= 11 is 0. The van der Waals surface area contributed by atoms with Gasteiger partial charge in [-0.3, -0.25) is 9.59 Å². The highest BCUT2D eigenvalue weighted by Crippen LogP contribution is 2.18. The zero-order valence-electron chi connectivity index (χ0n) is 59.0. The largest absolute Gasteiger partial charge is 0.477 e. The van der Waals surface area contributed by atoms with Gasteiger partial charge in [0.05, 0.1) is 34.4 Å². The van der Waals surface area contributed by atoms with E-state index >= 15 is 0 Å². The number of carbonyl (C=O) groups is 3. The molecule has 2 unspecified atom stereocenters. The zero-order valence-corrected chi connectivity index (χ0v) is 59.0. The molecule has 0 bridgehead atoms. The van der Waals surface area contributed by atoms with E-state index in [1.54, 1.807) is 0 Å². The molecule has 0 aromatic carbocycles. The number of carboxylic acids is 1. The Balaban J connectivity index is 4.14. The van der Waals surface area contributed by atoms with Crippen molar-refractivity contribution in [1.29, 1.82) is 0 Å². The van der Waals surface area contributed by atoms with E-state index in [1.807, 2.05) is 21.1 Å². The smallest absolute Gasteiger partial charge is 0.361 e. The van der Waals surface area contributed by atoms with E-state index in [1.165, 1.54) is 173 Å². The van der Waals surface area contributed by atoms with Gasteiger partial charge in [-0.05, 0) is 89.9 Å². The highest BCUT2D eigenvalue weighted by Gasteiger charge is 2.25. The molecule has 0 heterocycles. The first-order valence-electron chi connectivity index (χ1n) is 37.2. The Bertz CT molecular complexity index is 1900. The highest BCUT2D eigenvalue weighted by atomic mass is 16.7. The van der Waals surface area contributed by atoms with E-state index in [-0.39, 0.29) is 32.2 Å². The summed E-state index contributed by atoms with van der Waals surface area (Å²) in [4.78, 5) is 37.7. The van der Waals surface area contributed by atoms with Crippen LogP contribution in [0.1, 0.15) is 316 Å². The van der Waals surface area contributed by atoms with Crippen LogP contribution in [0.5, 0.6) is 0 Å². The number of hydrogen-bond donors (Lipinski definition) is 1. The number of allylic oxidation sites excluding steroid dienone is 20. The number of carbonyl (C=O) groups excluding carboxylic acids is 2. The van der Waals surface area contributed by atoms with Crippen LogP contribution in [-0.2, 0) is 33.3 Å². The lowest BCUT2D eigenvalue weighted by atomic mass is 10.0. The van der Waals surface area contributed by atoms with E-state index in [9.17, 15) is 19.5 Å². The quantitative estimate of drug-likeness (QED) is 0.0211. The molecule has 0 saturated carbocycles. The number of aliphatic carboxylic acids is 1. The van der Waals surface area contributed by atoms with E-state index in [2.05, 4.69) is 135 Å². The van der Waals surface area contributed by atoms with Crippen molar-refractivity contribution < 1.29 is 42.9 Å². The minimum absolute atomic E-state index is 0.182. The molecule has 0 amide bonds. The normalized spacial score (nSPS) is 13.4. The second kappa shape index (κ2) is 70.6. The standard InChI is InChI=1S/C81H139NO8/c1-6-8-10-12-14-16-18-20-22-24-26-28-30-32-34-35-36-37-38-39-40-41-42-43-44-45-46-48-50-52-54-56-58-60-62-64-66-68-70-72-79(84)90-77(76-89-81(80(85)86)87-74-73-82(3,4)5)75-88-78(83)71-69-67-65-63-61-59-57-55-53-51-49-47-33-31-29-27-25-23-21-19-17-15-13-11-9-7-2/h8,10,14,16,20,22,26,28,32,34,36-37,39-40,42-43,45-46,50,52,77,81H,6-7,9,11-13,15,17-19,21,23-25,27,29-31,33,35,38,41,44,47-49,51,53-76H2,1-5H3/p+1/b10-8-,16-14-,22-20-,28-26-,34-32-,37-36-,40-39-,43-42-,46-45-,52-50-. The first-order chi connectivity index (χ1) is 44.1. The van der Waals surface area contributed by atoms with Crippen LogP contribution in [0.25, 0.3) is 0 Å². The van der Waals surface area contributed by atoms with Gasteiger partial charge < -0.3 is 28.5 Å². The molecule has 0 aliphatic heterocycles. The van der Waals surface area contributed by atoms with Crippen molar-refractivity contribution in [2.75, 3.05) is 47.5 Å². The summed E-state index contributed by atoms with van der Waals surface area (Å²) in [7, 11) is 5.98. The van der Waals surface area contributed by atoms with E-state index in [0.29, 0.717) is 23.9 Å². The molecule has 0 rings (SSSR count). The number of hydrogen-bond acceptors (Lipinski definition) is 7. The maximum absolute atomic E-state index is 13.0. The number of ether oxygens (including phenoxy) is 4. The topological polar surface area (TPSA) is 108 Å². The Morgan fingerprint density at radius 3 is 0.944 bits per heavy atom. The predicted octanol–water partition coefficient (Wildman–Crippen LogP) is 23.5. The molecule has 1 N–H and O–H groups in total. The average molecular weight is 1260 g/mol. The summed E-state index contributed by atoms with van der Waals surface area (Å²) in [6.45, 7) is 4.79. The van der Waals surface area contributed by atoms with Crippen molar-refractivity contribution in [3.05, 3.63) is 122 Å². The molecular formula is C81H140NO8+. The van der Waals surface area contributed by atoms with Gasteiger partial charge in [0, 0.05) is 12.8 Å². The fourth-order valence-corrected chi connectivity index (χ4v) is 10.3. The molecule has 0 radical (unpaired) electrons. The van der Waals surface area contributed by atoms with Crippen molar-refractivity contribution in [1.82, 2.24) is 0 Å². The zero-order chi connectivity index (χ0) is 65.4. The SMILES string of the molecule is CC/C=C\C/C=C\C/C=C\C/C=C\C/C=C\C/C=C\C/C=C\C/C=C\C/C=C\C/C=C\CCCCCCCCCCC(=O)OC(COC(=O)CCCCCCCCCCCCCCCCCCCCCCCCCCCC)COC(OCC[N+](C)(C)C)C(=O)O. The van der Waals surface area contributed by atoms with Crippen molar-refractivity contribution in [3.8, 4) is 0 Å². The van der Waals surface area contributed by atoms with Crippen LogP contribution in [0.15, 0.2) is 122 Å². The number of rotatable bonds is 68. The Morgan fingerprint density at radius 1 is 0.344 bits per heavy atom. The third-order valence-corrected chi connectivity index (χ3v) is 16.0. The fraction of sp³-hybridized carbons (Fsp3) is 0.716. The minimum Gasteiger partial charge on any atom is -0.477 e. The van der Waals surface area contributed by atoms with Gasteiger partial charge in [0.15, 0.2) is 6.10 Å². The molecule has 0 aromatic heterocycles. The minimum atomic E-state index is -1.52. The van der Waals surface area contributed by atoms with Crippen LogP contribution in [0.3, 0.4) is 0 Å². The molecule has 2 atom stereocenters. The van der Waals surface area contributed by atoms with E-state index in [0.717, 1.165) is 109 Å². The molecule has 0 fully saturated rings. The molecule has 0 spiro atoms. The number of likely N-dealkylation sites (N-methyl/N-ethyl adjacent to an activating group) is 1. The molecule has 0 aliphatic rings. The predicted molar refractivity (Wildman–Crippen MR) is 387 cm³/mol. The Kier molecular flexibility index (Phi) is 67.2. The van der Waals surface area contributed by atoms with Crippen LogP contribution in [-0.4, -0.2) is 87.4 Å². The summed E-state index contributed by atoms with van der Waals surface area (Å²) < 4.78 is 23.0. The third kappa shape index (κ3) is 71.1. The molecule has 9 nitrogen and oxygen atoms in total. The van der Waals surface area contributed by atoms with Gasteiger partial charge in [0.25, 0.3) is 6.29 Å². The second-order valence-electron chi connectivity index (χ2n) is 25.9. The molecule has 90 heavy (non-hydrogen) atoms. The molecular weight excluding hydrogens is 1110 g/mol.